The van der Waals surface area contributed by atoms with Gasteiger partial charge in [-0.15, -0.1) is 0 Å². The van der Waals surface area contributed by atoms with E-state index in [9.17, 15) is 9.59 Å². The van der Waals surface area contributed by atoms with Gasteiger partial charge in [0.05, 0.1) is 11.4 Å². The van der Waals surface area contributed by atoms with E-state index in [-0.39, 0.29) is 0 Å². The van der Waals surface area contributed by atoms with Gasteiger partial charge >= 0.3 is 11.8 Å². The van der Waals surface area contributed by atoms with Crippen molar-refractivity contribution in [2.75, 3.05) is 18.4 Å². The molecule has 0 aliphatic carbocycles. The van der Waals surface area contributed by atoms with Crippen LogP contribution in [0, 0.1) is 13.8 Å². The number of benzene rings is 1. The third kappa shape index (κ3) is 3.68. The molecular formula is C21H26N4O2S. The van der Waals surface area contributed by atoms with Gasteiger partial charge in [0.25, 0.3) is 0 Å². The topological polar surface area (TPSA) is 67.2 Å². The summed E-state index contributed by atoms with van der Waals surface area (Å²) in [6.45, 7) is 5.42. The van der Waals surface area contributed by atoms with Crippen LogP contribution in [0.25, 0.3) is 5.69 Å². The van der Waals surface area contributed by atoms with Gasteiger partial charge in [0.1, 0.15) is 5.82 Å². The quantitative estimate of drug-likeness (QED) is 0.785. The molecular weight excluding hydrogens is 372 g/mol. The number of amides is 2. The summed E-state index contributed by atoms with van der Waals surface area (Å²) in [4.78, 5) is 27.2. The number of rotatable bonds is 2. The first-order valence-corrected chi connectivity index (χ1v) is 11.1. The molecule has 3 heterocycles. The Hall–Kier alpha value is -2.28. The number of nitrogens with zero attached hydrogens (tertiary/aromatic N) is 3. The molecule has 0 radical (unpaired) electrons. The van der Waals surface area contributed by atoms with Crippen LogP contribution in [0.15, 0.2) is 18.2 Å². The fourth-order valence-corrected chi connectivity index (χ4v) is 4.97. The smallest absolute Gasteiger partial charge is 0.315 e. The van der Waals surface area contributed by atoms with Gasteiger partial charge in [-0.05, 0) is 38.3 Å². The average molecular weight is 399 g/mol. The number of anilines is 1. The van der Waals surface area contributed by atoms with Crippen molar-refractivity contribution in [1.29, 1.82) is 0 Å². The zero-order chi connectivity index (χ0) is 19.7. The second-order valence-electron chi connectivity index (χ2n) is 7.63. The molecule has 2 aliphatic heterocycles. The van der Waals surface area contributed by atoms with Crippen molar-refractivity contribution in [3.63, 3.8) is 0 Å². The van der Waals surface area contributed by atoms with Crippen LogP contribution in [0.4, 0.5) is 5.82 Å². The molecule has 6 nitrogen and oxygen atoms in total. The van der Waals surface area contributed by atoms with Gasteiger partial charge in [0.2, 0.25) is 0 Å². The lowest BCUT2D eigenvalue weighted by atomic mass is 10.1. The molecule has 1 aromatic heterocycles. The van der Waals surface area contributed by atoms with Crippen molar-refractivity contribution >= 4 is 29.4 Å². The average Bonchev–Trinajstić information content (AvgIpc) is 3.13. The van der Waals surface area contributed by atoms with E-state index >= 15 is 0 Å². The number of carbonyl (C=O) groups excluding carboxylic acids is 2. The molecule has 0 unspecified atom stereocenters. The monoisotopic (exact) mass is 398 g/mol. The molecule has 1 N–H and O–H groups in total. The Balaban J connectivity index is 1.63. The maximum Gasteiger partial charge on any atom is 0.315 e. The van der Waals surface area contributed by atoms with E-state index in [1.807, 2.05) is 19.1 Å². The standard InChI is InChI=1S/C21H26N4O2S/c1-14-7-8-18(15(2)11-14)25-19(16-12-28-13-17(16)23-25)22-20(26)21(27)24-9-5-3-4-6-10-24/h7-8,11H,3-6,9-10,12-13H2,1-2H3,(H,22,26). The highest BCUT2D eigenvalue weighted by Crippen LogP contribution is 2.36. The third-order valence-corrected chi connectivity index (χ3v) is 6.42. The van der Waals surface area contributed by atoms with E-state index in [1.165, 1.54) is 5.56 Å². The number of nitrogens with one attached hydrogen (secondary N) is 1. The lowest BCUT2D eigenvalue weighted by Gasteiger charge is -2.20. The first-order valence-electron chi connectivity index (χ1n) is 9.91. The normalized spacial score (nSPS) is 16.6. The fourth-order valence-electron chi connectivity index (χ4n) is 3.94. The summed E-state index contributed by atoms with van der Waals surface area (Å²) >= 11 is 1.78. The second kappa shape index (κ2) is 7.99. The molecule has 7 heteroatoms. The number of carbonyl (C=O) groups is 2. The molecule has 0 saturated carbocycles. The van der Waals surface area contributed by atoms with Crippen molar-refractivity contribution in [2.24, 2.45) is 0 Å². The molecule has 1 fully saturated rings. The van der Waals surface area contributed by atoms with Crippen molar-refractivity contribution in [3.8, 4) is 5.69 Å². The molecule has 4 rings (SSSR count). The lowest BCUT2D eigenvalue weighted by molar-refractivity contribution is -0.143. The Kier molecular flexibility index (Phi) is 5.44. The first-order chi connectivity index (χ1) is 13.5. The van der Waals surface area contributed by atoms with Gasteiger partial charge < -0.3 is 10.2 Å². The van der Waals surface area contributed by atoms with Gasteiger partial charge in [-0.2, -0.15) is 16.9 Å². The summed E-state index contributed by atoms with van der Waals surface area (Å²) in [6, 6.07) is 6.16. The highest BCUT2D eigenvalue weighted by atomic mass is 32.2. The Morgan fingerprint density at radius 2 is 1.82 bits per heavy atom. The molecule has 0 atom stereocenters. The Bertz CT molecular complexity index is 913. The highest BCUT2D eigenvalue weighted by Gasteiger charge is 2.29. The lowest BCUT2D eigenvalue weighted by Crippen LogP contribution is -2.40. The van der Waals surface area contributed by atoms with Crippen LogP contribution in [0.5, 0.6) is 0 Å². The van der Waals surface area contributed by atoms with Gasteiger partial charge in [-0.3, -0.25) is 9.59 Å². The molecule has 1 saturated heterocycles. The molecule has 148 valence electrons. The van der Waals surface area contributed by atoms with Crippen LogP contribution in [-0.4, -0.2) is 39.6 Å². The van der Waals surface area contributed by atoms with Crippen molar-refractivity contribution in [3.05, 3.63) is 40.6 Å². The van der Waals surface area contributed by atoms with E-state index < -0.39 is 11.8 Å². The van der Waals surface area contributed by atoms with E-state index in [2.05, 4.69) is 18.3 Å². The van der Waals surface area contributed by atoms with Crippen molar-refractivity contribution < 1.29 is 9.59 Å². The SMILES string of the molecule is Cc1ccc(-n2nc3c(c2NC(=O)C(=O)N2CCCCCC2)CSC3)c(C)c1. The minimum absolute atomic E-state index is 0.435. The predicted molar refractivity (Wildman–Crippen MR) is 112 cm³/mol. The Morgan fingerprint density at radius 1 is 1.07 bits per heavy atom. The zero-order valence-corrected chi connectivity index (χ0v) is 17.3. The number of thioether (sulfide) groups is 1. The predicted octanol–water partition coefficient (Wildman–Crippen LogP) is 3.58. The maximum absolute atomic E-state index is 12.8. The largest absolute Gasteiger partial charge is 0.334 e. The third-order valence-electron chi connectivity index (χ3n) is 5.45. The molecule has 2 amide bonds. The van der Waals surface area contributed by atoms with Gasteiger partial charge in [-0.1, -0.05) is 30.5 Å². The van der Waals surface area contributed by atoms with Gasteiger partial charge in [0.15, 0.2) is 0 Å². The Morgan fingerprint density at radius 3 is 2.54 bits per heavy atom. The first kappa shape index (κ1) is 19.1. The zero-order valence-electron chi connectivity index (χ0n) is 16.5. The minimum Gasteiger partial charge on any atom is -0.334 e. The minimum atomic E-state index is -0.562. The van der Waals surface area contributed by atoms with Crippen LogP contribution >= 0.6 is 11.8 Å². The summed E-state index contributed by atoms with van der Waals surface area (Å²) in [7, 11) is 0. The number of hydrogen-bond donors (Lipinski definition) is 1. The fraction of sp³-hybridized carbons (Fsp3) is 0.476. The maximum atomic E-state index is 12.8. The van der Waals surface area contributed by atoms with Crippen molar-refractivity contribution in [2.45, 2.75) is 51.0 Å². The van der Waals surface area contributed by atoms with Crippen molar-refractivity contribution in [1.82, 2.24) is 14.7 Å². The number of likely N-dealkylation sites (tertiary alicyclic amines) is 1. The molecule has 0 bridgehead atoms. The molecule has 2 aromatic rings. The van der Waals surface area contributed by atoms with Crippen LogP contribution in [-0.2, 0) is 21.1 Å². The van der Waals surface area contributed by atoms with Crippen LogP contribution in [0.1, 0.15) is 48.1 Å². The van der Waals surface area contributed by atoms with Gasteiger partial charge in [0, 0.05) is 30.2 Å². The molecule has 0 spiro atoms. The number of aryl methyl sites for hydroxylation is 2. The number of hydrogen-bond acceptors (Lipinski definition) is 4. The summed E-state index contributed by atoms with van der Waals surface area (Å²) in [5, 5.41) is 7.65. The van der Waals surface area contributed by atoms with E-state index in [1.54, 1.807) is 21.3 Å². The summed E-state index contributed by atoms with van der Waals surface area (Å²) < 4.78 is 1.80. The summed E-state index contributed by atoms with van der Waals surface area (Å²) in [5.41, 5.74) is 5.22. The molecule has 28 heavy (non-hydrogen) atoms. The van der Waals surface area contributed by atoms with E-state index in [4.69, 9.17) is 5.10 Å². The highest BCUT2D eigenvalue weighted by molar-refractivity contribution is 7.98. The van der Waals surface area contributed by atoms with Gasteiger partial charge in [-0.25, -0.2) is 4.68 Å². The van der Waals surface area contributed by atoms with Crippen LogP contribution in [0.3, 0.4) is 0 Å². The summed E-state index contributed by atoms with van der Waals surface area (Å²) in [6.07, 6.45) is 4.17. The Labute approximate surface area is 169 Å². The van der Waals surface area contributed by atoms with E-state index in [0.717, 1.165) is 59.7 Å². The van der Waals surface area contributed by atoms with E-state index in [0.29, 0.717) is 18.9 Å². The second-order valence-corrected chi connectivity index (χ2v) is 8.61. The van der Waals surface area contributed by atoms with Crippen LogP contribution in [0.2, 0.25) is 0 Å². The van der Waals surface area contributed by atoms with Crippen LogP contribution < -0.4 is 5.32 Å². The summed E-state index contributed by atoms with van der Waals surface area (Å²) in [5.74, 6) is 1.27. The molecule has 2 aliphatic rings. The number of fused-ring (bicyclic) bond motifs is 1. The molecule has 1 aromatic carbocycles. The number of aromatic nitrogens is 2.